The Morgan fingerprint density at radius 2 is 1.66 bits per heavy atom. The van der Waals surface area contributed by atoms with Gasteiger partial charge in [0.25, 0.3) is 15.9 Å². The second kappa shape index (κ2) is 8.69. The minimum absolute atomic E-state index is 0.188. The maximum atomic E-state index is 13.0. The number of carbonyl (C=O) groups excluding carboxylic acids is 1. The fourth-order valence-electron chi connectivity index (χ4n) is 3.25. The zero-order chi connectivity index (χ0) is 23.0. The molecule has 1 N–H and O–H groups in total. The normalized spacial score (nSPS) is 11.5. The lowest BCUT2D eigenvalue weighted by atomic mass is 10.1. The quantitative estimate of drug-likeness (QED) is 0.327. The third-order valence-electron chi connectivity index (χ3n) is 5.32. The molecule has 8 heteroatoms. The molecule has 0 bridgehead atoms. The van der Waals surface area contributed by atoms with Crippen molar-refractivity contribution >= 4 is 64.7 Å². The van der Waals surface area contributed by atoms with Gasteiger partial charge in [0.1, 0.15) is 0 Å². The molecule has 0 aliphatic rings. The number of amides is 1. The van der Waals surface area contributed by atoms with Gasteiger partial charge in [-0.3, -0.25) is 9.10 Å². The van der Waals surface area contributed by atoms with Gasteiger partial charge in [-0.25, -0.2) is 8.42 Å². The Bertz CT molecular complexity index is 1430. The number of fused-ring (bicyclic) bond motifs is 1. The van der Waals surface area contributed by atoms with Crippen LogP contribution in [0.25, 0.3) is 10.1 Å². The Labute approximate surface area is 199 Å². The van der Waals surface area contributed by atoms with Crippen molar-refractivity contribution in [2.75, 3.05) is 16.7 Å². The Morgan fingerprint density at radius 3 is 2.34 bits per heavy atom. The molecule has 1 heterocycles. The fourth-order valence-corrected chi connectivity index (χ4v) is 5.64. The first-order valence-corrected chi connectivity index (χ1v) is 12.9. The van der Waals surface area contributed by atoms with Crippen LogP contribution in [0, 0.1) is 13.8 Å². The van der Waals surface area contributed by atoms with Gasteiger partial charge in [0, 0.05) is 21.9 Å². The van der Waals surface area contributed by atoms with E-state index in [4.69, 9.17) is 0 Å². The van der Waals surface area contributed by atoms with Crippen LogP contribution in [0.3, 0.4) is 0 Å². The molecule has 0 atom stereocenters. The number of halogens is 1. The van der Waals surface area contributed by atoms with Gasteiger partial charge in [-0.05, 0) is 91.0 Å². The van der Waals surface area contributed by atoms with E-state index < -0.39 is 10.0 Å². The Kier molecular flexibility index (Phi) is 6.11. The van der Waals surface area contributed by atoms with Gasteiger partial charge in [-0.2, -0.15) is 0 Å². The van der Waals surface area contributed by atoms with Crippen molar-refractivity contribution in [1.29, 1.82) is 0 Å². The van der Waals surface area contributed by atoms with Gasteiger partial charge >= 0.3 is 0 Å². The molecule has 1 amide bonds. The molecular weight excluding hydrogens is 508 g/mol. The van der Waals surface area contributed by atoms with Gasteiger partial charge in [0.05, 0.1) is 15.5 Å². The molecule has 164 valence electrons. The Balaban J connectivity index is 1.60. The van der Waals surface area contributed by atoms with Crippen molar-refractivity contribution < 1.29 is 13.2 Å². The van der Waals surface area contributed by atoms with E-state index in [1.54, 1.807) is 42.5 Å². The SMILES string of the molecule is Cc1ccc(NC(=O)c2cc3cc(N(C)S(=O)(=O)c4ccc(Br)cc4)ccc3s2)cc1C. The average molecular weight is 529 g/mol. The summed E-state index contributed by atoms with van der Waals surface area (Å²) in [5, 5.41) is 3.75. The minimum atomic E-state index is -3.70. The highest BCUT2D eigenvalue weighted by Crippen LogP contribution is 2.32. The van der Waals surface area contributed by atoms with E-state index in [1.807, 2.05) is 38.1 Å². The Hall–Kier alpha value is -2.68. The molecule has 1 aromatic heterocycles. The lowest BCUT2D eigenvalue weighted by molar-refractivity contribution is 0.103. The second-order valence-corrected chi connectivity index (χ2v) is 11.5. The number of thiophene rings is 1. The molecule has 3 aromatic carbocycles. The molecular formula is C24H21BrN2O3S2. The third kappa shape index (κ3) is 4.44. The fraction of sp³-hybridized carbons (Fsp3) is 0.125. The number of nitrogens with one attached hydrogen (secondary N) is 1. The molecule has 4 aromatic rings. The van der Waals surface area contributed by atoms with E-state index >= 15 is 0 Å². The monoisotopic (exact) mass is 528 g/mol. The van der Waals surface area contributed by atoms with Crippen LogP contribution in [0.15, 0.2) is 76.1 Å². The molecule has 0 unspecified atom stereocenters. The second-order valence-electron chi connectivity index (χ2n) is 7.51. The summed E-state index contributed by atoms with van der Waals surface area (Å²) in [6, 6.07) is 19.5. The predicted molar refractivity (Wildman–Crippen MR) is 135 cm³/mol. The van der Waals surface area contributed by atoms with Gasteiger partial charge in [0.15, 0.2) is 0 Å². The maximum absolute atomic E-state index is 13.0. The van der Waals surface area contributed by atoms with E-state index in [9.17, 15) is 13.2 Å². The summed E-state index contributed by atoms with van der Waals surface area (Å²) in [5.41, 5.74) is 3.55. The number of carbonyl (C=O) groups is 1. The summed E-state index contributed by atoms with van der Waals surface area (Å²) in [7, 11) is -2.17. The first-order valence-electron chi connectivity index (χ1n) is 9.82. The zero-order valence-electron chi connectivity index (χ0n) is 17.7. The molecule has 0 fully saturated rings. The molecule has 0 aliphatic heterocycles. The van der Waals surface area contributed by atoms with Crippen molar-refractivity contribution in [3.05, 3.63) is 87.2 Å². The molecule has 4 rings (SSSR count). The highest BCUT2D eigenvalue weighted by atomic mass is 79.9. The van der Waals surface area contributed by atoms with Crippen LogP contribution >= 0.6 is 27.3 Å². The van der Waals surface area contributed by atoms with Gasteiger partial charge in [-0.1, -0.05) is 22.0 Å². The number of hydrogen-bond donors (Lipinski definition) is 1. The molecule has 0 spiro atoms. The van der Waals surface area contributed by atoms with Crippen LogP contribution in [-0.4, -0.2) is 21.4 Å². The lowest BCUT2D eigenvalue weighted by Gasteiger charge is -2.19. The summed E-state index contributed by atoms with van der Waals surface area (Å²) < 4.78 is 29.0. The summed E-state index contributed by atoms with van der Waals surface area (Å²) in [6.45, 7) is 4.03. The maximum Gasteiger partial charge on any atom is 0.265 e. The van der Waals surface area contributed by atoms with E-state index in [0.717, 1.165) is 25.8 Å². The molecule has 0 radical (unpaired) electrons. The topological polar surface area (TPSA) is 66.5 Å². The molecule has 0 saturated heterocycles. The van der Waals surface area contributed by atoms with Gasteiger partial charge in [-0.15, -0.1) is 11.3 Å². The van der Waals surface area contributed by atoms with E-state index in [0.29, 0.717) is 10.6 Å². The number of benzene rings is 3. The molecule has 0 aliphatic carbocycles. The van der Waals surface area contributed by atoms with Crippen LogP contribution in [0.5, 0.6) is 0 Å². The average Bonchev–Trinajstić information content (AvgIpc) is 3.19. The standard InChI is InChI=1S/C24H21BrN2O3S2/c1-15-4-7-19(12-16(15)2)26-24(28)23-14-17-13-20(8-11-22(17)31-23)27(3)32(29,30)21-9-5-18(25)6-10-21/h4-14H,1-3H3,(H,26,28). The largest absolute Gasteiger partial charge is 0.321 e. The Morgan fingerprint density at radius 1 is 0.938 bits per heavy atom. The zero-order valence-corrected chi connectivity index (χ0v) is 20.9. The van der Waals surface area contributed by atoms with Gasteiger partial charge in [0.2, 0.25) is 0 Å². The highest BCUT2D eigenvalue weighted by Gasteiger charge is 2.22. The first kappa shape index (κ1) is 22.5. The first-order chi connectivity index (χ1) is 15.1. The smallest absolute Gasteiger partial charge is 0.265 e. The van der Waals surface area contributed by atoms with Crippen molar-refractivity contribution in [2.24, 2.45) is 0 Å². The van der Waals surface area contributed by atoms with Crippen molar-refractivity contribution in [2.45, 2.75) is 18.7 Å². The minimum Gasteiger partial charge on any atom is -0.321 e. The third-order valence-corrected chi connectivity index (χ3v) is 8.77. The number of hydrogen-bond acceptors (Lipinski definition) is 4. The molecule has 32 heavy (non-hydrogen) atoms. The van der Waals surface area contributed by atoms with Crippen LogP contribution in [0.2, 0.25) is 0 Å². The van der Waals surface area contributed by atoms with Crippen molar-refractivity contribution in [1.82, 2.24) is 0 Å². The highest BCUT2D eigenvalue weighted by molar-refractivity contribution is 9.10. The van der Waals surface area contributed by atoms with Crippen LogP contribution in [0.4, 0.5) is 11.4 Å². The van der Waals surface area contributed by atoms with Crippen molar-refractivity contribution in [3.63, 3.8) is 0 Å². The van der Waals surface area contributed by atoms with Crippen LogP contribution in [-0.2, 0) is 10.0 Å². The molecule has 0 saturated carbocycles. The van der Waals surface area contributed by atoms with E-state index in [2.05, 4.69) is 21.2 Å². The van der Waals surface area contributed by atoms with E-state index in [-0.39, 0.29) is 10.8 Å². The summed E-state index contributed by atoms with van der Waals surface area (Å²) in [6.07, 6.45) is 0. The molecule has 5 nitrogen and oxygen atoms in total. The number of nitrogens with zero attached hydrogens (tertiary/aromatic N) is 1. The summed E-state index contributed by atoms with van der Waals surface area (Å²) in [4.78, 5) is 13.5. The number of sulfonamides is 1. The number of aryl methyl sites for hydroxylation is 2. The van der Waals surface area contributed by atoms with Crippen LogP contribution in [0.1, 0.15) is 20.8 Å². The van der Waals surface area contributed by atoms with E-state index in [1.165, 1.54) is 28.3 Å². The predicted octanol–water partition coefficient (Wildman–Crippen LogP) is 6.36. The lowest BCUT2D eigenvalue weighted by Crippen LogP contribution is -2.26. The van der Waals surface area contributed by atoms with Crippen LogP contribution < -0.4 is 9.62 Å². The van der Waals surface area contributed by atoms with Crippen molar-refractivity contribution in [3.8, 4) is 0 Å². The summed E-state index contributed by atoms with van der Waals surface area (Å²) >= 11 is 4.70. The number of rotatable bonds is 5. The summed E-state index contributed by atoms with van der Waals surface area (Å²) in [5.74, 6) is -0.188. The van der Waals surface area contributed by atoms with Gasteiger partial charge < -0.3 is 5.32 Å². The number of anilines is 2.